The molecule has 0 spiro atoms. The average molecular weight is 239 g/mol. The van der Waals surface area contributed by atoms with Crippen molar-refractivity contribution in [2.45, 2.75) is 13.3 Å². The molecule has 2 aliphatic carbocycles. The van der Waals surface area contributed by atoms with E-state index in [0.29, 0.717) is 17.7 Å². The summed E-state index contributed by atoms with van der Waals surface area (Å²) in [5, 5.41) is 0. The highest BCUT2D eigenvalue weighted by Gasteiger charge is 2.38. The number of nitrogens with zero attached hydrogens (tertiary/aromatic N) is 1. The maximum absolute atomic E-state index is 12.1. The standard InChI is InChI=1S/C15H13NO2/c1-2-16-14(17)12-8-10-5-3-4-6-11(7-10)9-13(12)15(16)18/h3-6,8-9H,2,7H2,1H3. The molecule has 0 aromatic heterocycles. The molecule has 3 aliphatic rings. The van der Waals surface area contributed by atoms with Crippen molar-refractivity contribution in [3.63, 3.8) is 0 Å². The second-order valence-corrected chi connectivity index (χ2v) is 4.52. The first-order valence-corrected chi connectivity index (χ1v) is 6.07. The molecule has 0 atom stereocenters. The zero-order valence-corrected chi connectivity index (χ0v) is 10.1. The third-order valence-electron chi connectivity index (χ3n) is 3.36. The van der Waals surface area contributed by atoms with Crippen LogP contribution < -0.4 is 0 Å². The third-order valence-corrected chi connectivity index (χ3v) is 3.36. The first-order chi connectivity index (χ1) is 8.70. The van der Waals surface area contributed by atoms with E-state index in [2.05, 4.69) is 0 Å². The first-order valence-electron chi connectivity index (χ1n) is 6.07. The Kier molecular flexibility index (Phi) is 2.40. The van der Waals surface area contributed by atoms with Gasteiger partial charge in [-0.15, -0.1) is 0 Å². The van der Waals surface area contributed by atoms with Crippen molar-refractivity contribution < 1.29 is 9.59 Å². The largest absolute Gasteiger partial charge is 0.275 e. The van der Waals surface area contributed by atoms with Crippen molar-refractivity contribution in [2.24, 2.45) is 0 Å². The molecular weight excluding hydrogens is 226 g/mol. The highest BCUT2D eigenvalue weighted by Crippen LogP contribution is 2.33. The van der Waals surface area contributed by atoms with Crippen molar-refractivity contribution >= 4 is 11.8 Å². The Morgan fingerprint density at radius 1 is 1.00 bits per heavy atom. The van der Waals surface area contributed by atoms with Gasteiger partial charge in [-0.05, 0) is 36.6 Å². The van der Waals surface area contributed by atoms with Crippen LogP contribution in [0.4, 0.5) is 0 Å². The summed E-state index contributed by atoms with van der Waals surface area (Å²) in [5.41, 5.74) is 3.20. The van der Waals surface area contributed by atoms with Crippen molar-refractivity contribution in [1.29, 1.82) is 0 Å². The maximum Gasteiger partial charge on any atom is 0.261 e. The lowest BCUT2D eigenvalue weighted by Gasteiger charge is -2.09. The van der Waals surface area contributed by atoms with Gasteiger partial charge in [0.15, 0.2) is 0 Å². The van der Waals surface area contributed by atoms with Crippen LogP contribution in [0.3, 0.4) is 0 Å². The Labute approximate surface area is 105 Å². The second kappa shape index (κ2) is 3.95. The van der Waals surface area contributed by atoms with Crippen LogP contribution in [-0.4, -0.2) is 23.3 Å². The van der Waals surface area contributed by atoms with Crippen LogP contribution in [0, 0.1) is 0 Å². The lowest BCUT2D eigenvalue weighted by molar-refractivity contribution is -0.136. The summed E-state index contributed by atoms with van der Waals surface area (Å²) < 4.78 is 0. The predicted molar refractivity (Wildman–Crippen MR) is 68.5 cm³/mol. The number of hydrogen-bond acceptors (Lipinski definition) is 2. The van der Waals surface area contributed by atoms with Gasteiger partial charge in [-0.3, -0.25) is 14.5 Å². The molecule has 0 N–H and O–H groups in total. The minimum atomic E-state index is -0.176. The van der Waals surface area contributed by atoms with E-state index in [0.717, 1.165) is 17.6 Å². The van der Waals surface area contributed by atoms with E-state index in [1.807, 2.05) is 43.4 Å². The number of hydrogen-bond donors (Lipinski definition) is 0. The van der Waals surface area contributed by atoms with Gasteiger partial charge in [0.05, 0.1) is 11.1 Å². The van der Waals surface area contributed by atoms with Gasteiger partial charge in [-0.25, -0.2) is 0 Å². The quantitative estimate of drug-likeness (QED) is 0.657. The smallest absolute Gasteiger partial charge is 0.261 e. The molecule has 3 nitrogen and oxygen atoms in total. The fourth-order valence-electron chi connectivity index (χ4n) is 2.46. The fourth-order valence-corrected chi connectivity index (χ4v) is 2.46. The molecular formula is C15H13NO2. The summed E-state index contributed by atoms with van der Waals surface area (Å²) in [7, 11) is 0. The number of fused-ring (bicyclic) bond motifs is 3. The van der Waals surface area contributed by atoms with E-state index in [9.17, 15) is 9.59 Å². The molecule has 0 radical (unpaired) electrons. The average Bonchev–Trinajstić information content (AvgIpc) is 2.62. The van der Waals surface area contributed by atoms with Crippen LogP contribution in [0.1, 0.15) is 13.3 Å². The fraction of sp³-hybridized carbons (Fsp3) is 0.200. The topological polar surface area (TPSA) is 37.4 Å². The number of amides is 2. The van der Waals surface area contributed by atoms with E-state index in [4.69, 9.17) is 0 Å². The minimum absolute atomic E-state index is 0.176. The predicted octanol–water partition coefficient (Wildman–Crippen LogP) is 2.05. The highest BCUT2D eigenvalue weighted by molar-refractivity contribution is 6.25. The second-order valence-electron chi connectivity index (χ2n) is 4.52. The van der Waals surface area contributed by atoms with Gasteiger partial charge >= 0.3 is 0 Å². The number of imide groups is 1. The van der Waals surface area contributed by atoms with Crippen molar-refractivity contribution in [1.82, 2.24) is 4.90 Å². The van der Waals surface area contributed by atoms with Crippen molar-refractivity contribution in [3.05, 3.63) is 58.7 Å². The Morgan fingerprint density at radius 3 is 1.94 bits per heavy atom. The SMILES string of the molecule is CCN1C(=O)C2=CC3=CC=CC=C(C=C2C1=O)C3. The first kappa shape index (κ1) is 11.0. The summed E-state index contributed by atoms with van der Waals surface area (Å²) in [6.45, 7) is 2.23. The zero-order valence-electron chi connectivity index (χ0n) is 10.1. The molecule has 2 bridgehead atoms. The van der Waals surface area contributed by atoms with Crippen LogP contribution in [0.2, 0.25) is 0 Å². The highest BCUT2D eigenvalue weighted by atomic mass is 16.2. The molecule has 90 valence electrons. The molecule has 3 heteroatoms. The molecule has 1 saturated heterocycles. The van der Waals surface area contributed by atoms with E-state index >= 15 is 0 Å². The lowest BCUT2D eigenvalue weighted by Crippen LogP contribution is -2.29. The molecule has 2 amide bonds. The molecule has 18 heavy (non-hydrogen) atoms. The normalized spacial score (nSPS) is 21.7. The van der Waals surface area contributed by atoms with E-state index in [1.165, 1.54) is 4.90 Å². The van der Waals surface area contributed by atoms with E-state index < -0.39 is 0 Å². The number of likely N-dealkylation sites (tertiary alicyclic amines) is 1. The summed E-state index contributed by atoms with van der Waals surface area (Å²) in [6.07, 6.45) is 12.3. The van der Waals surface area contributed by atoms with Crippen LogP contribution in [0.15, 0.2) is 58.7 Å². The van der Waals surface area contributed by atoms with Gasteiger partial charge in [-0.1, -0.05) is 24.3 Å². The Bertz CT molecular complexity index is 550. The maximum atomic E-state index is 12.1. The molecule has 1 fully saturated rings. The van der Waals surface area contributed by atoms with E-state index in [1.54, 1.807) is 0 Å². The number of allylic oxidation sites excluding steroid dienone is 8. The molecule has 1 heterocycles. The van der Waals surface area contributed by atoms with E-state index in [-0.39, 0.29) is 11.8 Å². The Hall–Kier alpha value is -2.16. The minimum Gasteiger partial charge on any atom is -0.275 e. The lowest BCUT2D eigenvalue weighted by atomic mass is 10.1. The van der Waals surface area contributed by atoms with Gasteiger partial charge in [0.1, 0.15) is 0 Å². The Morgan fingerprint density at radius 2 is 1.50 bits per heavy atom. The molecule has 1 aliphatic heterocycles. The van der Waals surface area contributed by atoms with Gasteiger partial charge in [0.25, 0.3) is 11.8 Å². The van der Waals surface area contributed by atoms with Gasteiger partial charge < -0.3 is 0 Å². The summed E-state index contributed by atoms with van der Waals surface area (Å²) in [5.74, 6) is -0.351. The Balaban J connectivity index is 2.19. The molecule has 0 unspecified atom stereocenters. The molecule has 3 rings (SSSR count). The molecule has 0 saturated carbocycles. The van der Waals surface area contributed by atoms with Crippen molar-refractivity contribution in [2.75, 3.05) is 6.54 Å². The van der Waals surface area contributed by atoms with Crippen LogP contribution in [0.5, 0.6) is 0 Å². The molecule has 0 aromatic carbocycles. The number of carbonyl (C=O) groups excluding carboxylic acids is 2. The van der Waals surface area contributed by atoms with Crippen LogP contribution in [0.25, 0.3) is 0 Å². The van der Waals surface area contributed by atoms with Crippen molar-refractivity contribution in [3.8, 4) is 0 Å². The summed E-state index contributed by atoms with van der Waals surface area (Å²) >= 11 is 0. The summed E-state index contributed by atoms with van der Waals surface area (Å²) in [6, 6.07) is 0. The summed E-state index contributed by atoms with van der Waals surface area (Å²) in [4.78, 5) is 25.6. The van der Waals surface area contributed by atoms with Gasteiger partial charge in [0.2, 0.25) is 0 Å². The van der Waals surface area contributed by atoms with Gasteiger partial charge in [0, 0.05) is 6.54 Å². The molecule has 0 aromatic rings. The van der Waals surface area contributed by atoms with Gasteiger partial charge in [-0.2, -0.15) is 0 Å². The number of rotatable bonds is 1. The monoisotopic (exact) mass is 239 g/mol. The zero-order chi connectivity index (χ0) is 12.7. The number of carbonyl (C=O) groups is 2. The number of likely N-dealkylation sites (N-methyl/N-ethyl adjacent to an activating group) is 1. The van der Waals surface area contributed by atoms with Crippen LogP contribution >= 0.6 is 0 Å². The third kappa shape index (κ3) is 1.51. The van der Waals surface area contributed by atoms with Crippen LogP contribution in [-0.2, 0) is 9.59 Å².